The van der Waals surface area contributed by atoms with E-state index in [-0.39, 0.29) is 23.4 Å². The van der Waals surface area contributed by atoms with Crippen molar-refractivity contribution in [1.82, 2.24) is 10.2 Å². The average molecular weight is 605 g/mol. The minimum absolute atomic E-state index is 0.00905. The van der Waals surface area contributed by atoms with Gasteiger partial charge in [0.1, 0.15) is 12.6 Å². The summed E-state index contributed by atoms with van der Waals surface area (Å²) < 4.78 is 29.0. The lowest BCUT2D eigenvalue weighted by molar-refractivity contribution is -0.140. The van der Waals surface area contributed by atoms with E-state index in [0.29, 0.717) is 27.7 Å². The highest BCUT2D eigenvalue weighted by Crippen LogP contribution is 2.30. The minimum Gasteiger partial charge on any atom is -0.352 e. The fraction of sp³-hybridized carbons (Fsp3) is 0.333. The Bertz CT molecular complexity index is 1460. The average Bonchev–Trinajstić information content (AvgIpc) is 2.90. The number of benzene rings is 3. The van der Waals surface area contributed by atoms with Gasteiger partial charge in [0.15, 0.2) is 0 Å². The minimum atomic E-state index is -4.14. The number of carbonyl (C=O) groups excluding carboxylic acids is 2. The number of hydrogen-bond acceptors (Lipinski definition) is 4. The normalized spacial score (nSPS) is 12.2. The van der Waals surface area contributed by atoms with E-state index < -0.39 is 28.5 Å². The zero-order valence-corrected chi connectivity index (χ0v) is 25.6. The van der Waals surface area contributed by atoms with E-state index in [9.17, 15) is 18.0 Å². The lowest BCUT2D eigenvalue weighted by Crippen LogP contribution is -2.53. The molecule has 3 aromatic carbocycles. The number of sulfonamides is 1. The number of nitrogens with one attached hydrogen (secondary N) is 1. The fourth-order valence-electron chi connectivity index (χ4n) is 4.37. The number of halogens is 2. The molecule has 0 heterocycles. The number of rotatable bonds is 11. The topological polar surface area (TPSA) is 86.8 Å². The number of nitrogens with zero attached hydrogens (tertiary/aromatic N) is 2. The predicted molar refractivity (Wildman–Crippen MR) is 161 cm³/mol. The molecule has 0 saturated heterocycles. The van der Waals surface area contributed by atoms with E-state index in [2.05, 4.69) is 5.32 Å². The van der Waals surface area contributed by atoms with Gasteiger partial charge in [0.25, 0.3) is 10.0 Å². The van der Waals surface area contributed by atoms with E-state index in [1.165, 1.54) is 17.0 Å². The van der Waals surface area contributed by atoms with Gasteiger partial charge in [0.05, 0.1) is 10.6 Å². The third-order valence-corrected chi connectivity index (χ3v) is 8.99. The number of aryl methyl sites for hydroxylation is 1. The monoisotopic (exact) mass is 603 g/mol. The van der Waals surface area contributed by atoms with Crippen molar-refractivity contribution >= 4 is 50.7 Å². The number of amides is 2. The Kier molecular flexibility index (Phi) is 10.6. The Hall–Kier alpha value is -3.07. The lowest BCUT2D eigenvalue weighted by atomic mass is 10.1. The summed E-state index contributed by atoms with van der Waals surface area (Å²) in [5, 5.41) is 3.65. The van der Waals surface area contributed by atoms with Crippen LogP contribution in [0.25, 0.3) is 0 Å². The second-order valence-electron chi connectivity index (χ2n) is 9.89. The maximum absolute atomic E-state index is 14.1. The van der Waals surface area contributed by atoms with Crippen LogP contribution in [0.2, 0.25) is 10.0 Å². The summed E-state index contributed by atoms with van der Waals surface area (Å²) in [6.45, 7) is 8.65. The van der Waals surface area contributed by atoms with Gasteiger partial charge < -0.3 is 10.2 Å². The molecular weight excluding hydrogens is 569 g/mol. The van der Waals surface area contributed by atoms with Crippen LogP contribution >= 0.6 is 23.2 Å². The number of carbonyl (C=O) groups is 2. The Labute approximate surface area is 247 Å². The van der Waals surface area contributed by atoms with E-state index in [1.54, 1.807) is 55.5 Å². The molecule has 0 aliphatic rings. The van der Waals surface area contributed by atoms with Gasteiger partial charge in [0, 0.05) is 22.6 Å². The second-order valence-corrected chi connectivity index (χ2v) is 12.6. The van der Waals surface area contributed by atoms with Crippen LogP contribution in [-0.4, -0.2) is 43.8 Å². The Morgan fingerprint density at radius 3 is 2.23 bits per heavy atom. The Morgan fingerprint density at radius 1 is 0.950 bits per heavy atom. The molecule has 40 heavy (non-hydrogen) atoms. The van der Waals surface area contributed by atoms with E-state index in [0.717, 1.165) is 15.4 Å². The van der Waals surface area contributed by atoms with Crippen LogP contribution in [0.4, 0.5) is 5.69 Å². The molecule has 0 bridgehead atoms. The first-order chi connectivity index (χ1) is 18.9. The summed E-state index contributed by atoms with van der Waals surface area (Å²) >= 11 is 12.5. The van der Waals surface area contributed by atoms with Crippen molar-refractivity contribution in [1.29, 1.82) is 0 Å². The van der Waals surface area contributed by atoms with E-state index in [4.69, 9.17) is 23.2 Å². The quantitative estimate of drug-likeness (QED) is 0.285. The molecule has 214 valence electrons. The summed E-state index contributed by atoms with van der Waals surface area (Å²) in [5.41, 5.74) is 2.58. The number of hydrogen-bond donors (Lipinski definition) is 1. The lowest BCUT2D eigenvalue weighted by Gasteiger charge is -2.34. The maximum atomic E-state index is 14.1. The van der Waals surface area contributed by atoms with Crippen molar-refractivity contribution in [2.75, 3.05) is 10.8 Å². The molecule has 0 aliphatic carbocycles. The summed E-state index contributed by atoms with van der Waals surface area (Å²) in [6.07, 6.45) is 0.310. The molecule has 2 amide bonds. The molecule has 0 spiro atoms. The van der Waals surface area contributed by atoms with Crippen LogP contribution in [0.1, 0.15) is 43.9 Å². The summed E-state index contributed by atoms with van der Waals surface area (Å²) in [4.78, 5) is 28.8. The highest BCUT2D eigenvalue weighted by molar-refractivity contribution is 7.92. The zero-order valence-electron chi connectivity index (χ0n) is 23.3. The SMILES string of the molecule is CCC(C(=O)NC(C)C)N(Cc1ccc(Cl)cc1Cl)C(=O)CN(c1cccc(C)c1C)S(=O)(=O)c1ccccc1. The molecule has 3 aromatic rings. The largest absolute Gasteiger partial charge is 0.352 e. The van der Waals surface area contributed by atoms with Gasteiger partial charge in [-0.1, -0.05) is 66.5 Å². The van der Waals surface area contributed by atoms with Crippen LogP contribution in [0.3, 0.4) is 0 Å². The molecule has 10 heteroatoms. The van der Waals surface area contributed by atoms with Crippen molar-refractivity contribution < 1.29 is 18.0 Å². The van der Waals surface area contributed by atoms with Crippen LogP contribution < -0.4 is 9.62 Å². The molecule has 0 saturated carbocycles. The molecule has 3 rings (SSSR count). The van der Waals surface area contributed by atoms with E-state index in [1.807, 2.05) is 33.8 Å². The van der Waals surface area contributed by atoms with Crippen molar-refractivity contribution in [2.24, 2.45) is 0 Å². The van der Waals surface area contributed by atoms with Crippen LogP contribution in [0.15, 0.2) is 71.6 Å². The fourth-order valence-corrected chi connectivity index (χ4v) is 6.33. The van der Waals surface area contributed by atoms with Gasteiger partial charge >= 0.3 is 0 Å². The molecule has 7 nitrogen and oxygen atoms in total. The third-order valence-electron chi connectivity index (χ3n) is 6.63. The predicted octanol–water partition coefficient (Wildman–Crippen LogP) is 6.14. The molecule has 1 atom stereocenters. The van der Waals surface area contributed by atoms with Crippen LogP contribution in [-0.2, 0) is 26.2 Å². The van der Waals surface area contributed by atoms with Crippen molar-refractivity contribution in [2.45, 2.75) is 64.6 Å². The van der Waals surface area contributed by atoms with Crippen molar-refractivity contribution in [3.05, 3.63) is 93.5 Å². The van der Waals surface area contributed by atoms with Gasteiger partial charge in [-0.25, -0.2) is 8.42 Å². The maximum Gasteiger partial charge on any atom is 0.264 e. The molecule has 0 radical (unpaired) electrons. The van der Waals surface area contributed by atoms with Crippen molar-refractivity contribution in [3.8, 4) is 0 Å². The smallest absolute Gasteiger partial charge is 0.264 e. The molecule has 1 unspecified atom stereocenters. The summed E-state index contributed by atoms with van der Waals surface area (Å²) in [7, 11) is -4.14. The van der Waals surface area contributed by atoms with Gasteiger partial charge in [-0.05, 0) is 81.1 Å². The molecule has 0 fully saturated rings. The van der Waals surface area contributed by atoms with Crippen LogP contribution in [0.5, 0.6) is 0 Å². The molecule has 0 aromatic heterocycles. The Morgan fingerprint density at radius 2 is 1.62 bits per heavy atom. The number of anilines is 1. The highest BCUT2D eigenvalue weighted by Gasteiger charge is 2.34. The molecular formula is C30H35Cl2N3O4S. The van der Waals surface area contributed by atoms with E-state index >= 15 is 0 Å². The van der Waals surface area contributed by atoms with Crippen LogP contribution in [0, 0.1) is 13.8 Å². The summed E-state index contributed by atoms with van der Waals surface area (Å²) in [5.74, 6) is -0.877. The first-order valence-electron chi connectivity index (χ1n) is 13.0. The van der Waals surface area contributed by atoms with Gasteiger partial charge in [-0.3, -0.25) is 13.9 Å². The second kappa shape index (κ2) is 13.5. The first kappa shape index (κ1) is 31.5. The first-order valence-corrected chi connectivity index (χ1v) is 15.2. The van der Waals surface area contributed by atoms with Gasteiger partial charge in [-0.15, -0.1) is 0 Å². The standard InChI is InChI=1S/C30H35Cl2N3O4S/c1-6-27(30(37)33-20(2)3)34(18-23-15-16-24(31)17-26(23)32)29(36)19-35(28-14-10-11-21(4)22(28)5)40(38,39)25-12-8-7-9-13-25/h7-17,20,27H,6,18-19H2,1-5H3,(H,33,37). The zero-order chi connectivity index (χ0) is 29.6. The third kappa shape index (κ3) is 7.36. The van der Waals surface area contributed by atoms with Crippen molar-refractivity contribution in [3.63, 3.8) is 0 Å². The summed E-state index contributed by atoms with van der Waals surface area (Å²) in [6, 6.07) is 17.2. The Balaban J connectivity index is 2.12. The van der Waals surface area contributed by atoms with Gasteiger partial charge in [0.2, 0.25) is 11.8 Å². The molecule has 0 aliphatic heterocycles. The molecule has 1 N–H and O–H groups in total. The highest BCUT2D eigenvalue weighted by atomic mass is 35.5. The van der Waals surface area contributed by atoms with Gasteiger partial charge in [-0.2, -0.15) is 0 Å².